The fraction of sp³-hybridized carbons (Fsp3) is 0.176. The van der Waals surface area contributed by atoms with Crippen molar-refractivity contribution in [2.75, 3.05) is 16.8 Å². The van der Waals surface area contributed by atoms with Crippen molar-refractivity contribution in [3.05, 3.63) is 54.6 Å². The van der Waals surface area contributed by atoms with Gasteiger partial charge < -0.3 is 10.2 Å². The van der Waals surface area contributed by atoms with E-state index in [4.69, 9.17) is 5.14 Å². The van der Waals surface area contributed by atoms with Gasteiger partial charge in [0.2, 0.25) is 21.8 Å². The molecule has 2 aromatic rings. The van der Waals surface area contributed by atoms with Crippen molar-refractivity contribution in [3.63, 3.8) is 0 Å². The number of para-hydroxylation sites is 1. The van der Waals surface area contributed by atoms with Crippen molar-refractivity contribution in [3.8, 4) is 0 Å². The molecule has 1 atom stereocenters. The van der Waals surface area contributed by atoms with Crippen LogP contribution >= 0.6 is 0 Å². The minimum Gasteiger partial charge on any atom is -0.326 e. The van der Waals surface area contributed by atoms with Gasteiger partial charge >= 0.3 is 0 Å². The average Bonchev–Trinajstić information content (AvgIpc) is 2.97. The Morgan fingerprint density at radius 1 is 1.08 bits per heavy atom. The number of primary sulfonamides is 1. The van der Waals surface area contributed by atoms with E-state index in [2.05, 4.69) is 5.32 Å². The van der Waals surface area contributed by atoms with Crippen molar-refractivity contribution in [2.45, 2.75) is 11.3 Å². The number of rotatable bonds is 4. The maximum absolute atomic E-state index is 12.4. The number of benzene rings is 2. The lowest BCUT2D eigenvalue weighted by atomic mass is 10.1. The van der Waals surface area contributed by atoms with E-state index in [1.165, 1.54) is 24.3 Å². The van der Waals surface area contributed by atoms with E-state index in [0.29, 0.717) is 12.2 Å². The van der Waals surface area contributed by atoms with Gasteiger partial charge in [0.15, 0.2) is 0 Å². The topological polar surface area (TPSA) is 110 Å². The summed E-state index contributed by atoms with van der Waals surface area (Å²) in [5.41, 5.74) is 1.21. The molecule has 3 rings (SSSR count). The molecule has 0 aliphatic carbocycles. The molecule has 1 aliphatic heterocycles. The summed E-state index contributed by atoms with van der Waals surface area (Å²) in [7, 11) is -3.77. The van der Waals surface area contributed by atoms with E-state index in [9.17, 15) is 18.0 Å². The number of nitrogens with two attached hydrogens (primary N) is 1. The number of anilines is 2. The van der Waals surface area contributed by atoms with Gasteiger partial charge in [0, 0.05) is 24.3 Å². The highest BCUT2D eigenvalue weighted by atomic mass is 32.2. The molecule has 1 saturated heterocycles. The molecule has 8 heteroatoms. The normalized spacial score (nSPS) is 17.6. The number of carbonyl (C=O) groups excluding carboxylic acids is 2. The van der Waals surface area contributed by atoms with Crippen molar-refractivity contribution in [1.82, 2.24) is 0 Å². The zero-order chi connectivity index (χ0) is 18.0. The number of nitrogens with one attached hydrogen (secondary N) is 1. The van der Waals surface area contributed by atoms with Crippen LogP contribution in [-0.4, -0.2) is 26.8 Å². The molecule has 0 aromatic heterocycles. The van der Waals surface area contributed by atoms with Gasteiger partial charge in [-0.05, 0) is 36.4 Å². The molecule has 0 bridgehead atoms. The van der Waals surface area contributed by atoms with Crippen LogP contribution in [0.4, 0.5) is 11.4 Å². The van der Waals surface area contributed by atoms with Crippen LogP contribution in [0.1, 0.15) is 6.42 Å². The van der Waals surface area contributed by atoms with Gasteiger partial charge in [-0.25, -0.2) is 13.6 Å². The molecule has 1 unspecified atom stereocenters. The molecule has 2 amide bonds. The van der Waals surface area contributed by atoms with Crippen LogP contribution in [-0.2, 0) is 19.6 Å². The molecular formula is C17H17N3O4S. The third kappa shape index (κ3) is 3.86. The molecule has 1 heterocycles. The molecular weight excluding hydrogens is 342 g/mol. The first-order valence-electron chi connectivity index (χ1n) is 7.64. The summed E-state index contributed by atoms with van der Waals surface area (Å²) in [6.45, 7) is 0.309. The quantitative estimate of drug-likeness (QED) is 0.858. The third-order valence-corrected chi connectivity index (χ3v) is 4.94. The number of sulfonamides is 1. The van der Waals surface area contributed by atoms with Crippen molar-refractivity contribution < 1.29 is 18.0 Å². The lowest BCUT2D eigenvalue weighted by Gasteiger charge is -2.16. The molecule has 25 heavy (non-hydrogen) atoms. The van der Waals surface area contributed by atoms with Crippen LogP contribution in [0.2, 0.25) is 0 Å². The zero-order valence-electron chi connectivity index (χ0n) is 13.3. The highest BCUT2D eigenvalue weighted by Crippen LogP contribution is 2.26. The molecule has 130 valence electrons. The predicted octanol–water partition coefficient (Wildman–Crippen LogP) is 1.33. The molecule has 3 N–H and O–H groups in total. The molecule has 0 radical (unpaired) electrons. The monoisotopic (exact) mass is 359 g/mol. The first-order chi connectivity index (χ1) is 11.8. The third-order valence-electron chi connectivity index (χ3n) is 4.01. The Morgan fingerprint density at radius 2 is 1.72 bits per heavy atom. The van der Waals surface area contributed by atoms with Crippen LogP contribution in [0.25, 0.3) is 0 Å². The van der Waals surface area contributed by atoms with Gasteiger partial charge in [0.25, 0.3) is 0 Å². The number of carbonyl (C=O) groups is 2. The van der Waals surface area contributed by atoms with E-state index >= 15 is 0 Å². The summed E-state index contributed by atoms with van der Waals surface area (Å²) in [6.07, 6.45) is 0.135. The van der Waals surface area contributed by atoms with E-state index < -0.39 is 15.9 Å². The van der Waals surface area contributed by atoms with Crippen LogP contribution in [0.3, 0.4) is 0 Å². The smallest absolute Gasteiger partial charge is 0.238 e. The summed E-state index contributed by atoms with van der Waals surface area (Å²) >= 11 is 0. The largest absolute Gasteiger partial charge is 0.326 e. The molecule has 2 aromatic carbocycles. The average molecular weight is 359 g/mol. The second kappa shape index (κ2) is 6.66. The highest BCUT2D eigenvalue weighted by Gasteiger charge is 2.35. The predicted molar refractivity (Wildman–Crippen MR) is 93.3 cm³/mol. The van der Waals surface area contributed by atoms with E-state index in [1.54, 1.807) is 4.90 Å². The Balaban J connectivity index is 1.67. The standard InChI is InChI=1S/C17H17N3O4S/c18-25(23,24)15-8-6-13(7-9-15)19-17(22)12-10-16(21)20(11-12)14-4-2-1-3-5-14/h1-9,12H,10-11H2,(H,19,22)(H2,18,23,24). The lowest BCUT2D eigenvalue weighted by molar-refractivity contribution is -0.122. The van der Waals surface area contributed by atoms with E-state index in [0.717, 1.165) is 5.69 Å². The van der Waals surface area contributed by atoms with E-state index in [1.807, 2.05) is 30.3 Å². The van der Waals surface area contributed by atoms with Gasteiger partial charge in [-0.1, -0.05) is 18.2 Å². The lowest BCUT2D eigenvalue weighted by Crippen LogP contribution is -2.28. The van der Waals surface area contributed by atoms with Crippen LogP contribution in [0.15, 0.2) is 59.5 Å². The first-order valence-corrected chi connectivity index (χ1v) is 9.18. The first kappa shape index (κ1) is 17.1. The Hall–Kier alpha value is -2.71. The molecule has 7 nitrogen and oxygen atoms in total. The molecule has 1 aliphatic rings. The fourth-order valence-electron chi connectivity index (χ4n) is 2.71. The van der Waals surface area contributed by atoms with Gasteiger partial charge in [-0.3, -0.25) is 9.59 Å². The summed E-state index contributed by atoms with van der Waals surface area (Å²) in [6, 6.07) is 14.7. The van der Waals surface area contributed by atoms with Crippen LogP contribution in [0, 0.1) is 5.92 Å². The second-order valence-electron chi connectivity index (χ2n) is 5.80. The van der Waals surface area contributed by atoms with Crippen LogP contribution < -0.4 is 15.4 Å². The van der Waals surface area contributed by atoms with Gasteiger partial charge in [-0.15, -0.1) is 0 Å². The maximum Gasteiger partial charge on any atom is 0.238 e. The van der Waals surface area contributed by atoms with Gasteiger partial charge in [-0.2, -0.15) is 0 Å². The fourth-order valence-corrected chi connectivity index (χ4v) is 3.23. The molecule has 0 saturated carbocycles. The zero-order valence-corrected chi connectivity index (χ0v) is 14.1. The molecule has 0 spiro atoms. The summed E-state index contributed by atoms with van der Waals surface area (Å²) in [4.78, 5) is 26.1. The van der Waals surface area contributed by atoms with Crippen LogP contribution in [0.5, 0.6) is 0 Å². The van der Waals surface area contributed by atoms with Crippen molar-refractivity contribution >= 4 is 33.2 Å². The number of amides is 2. The second-order valence-corrected chi connectivity index (χ2v) is 7.36. The van der Waals surface area contributed by atoms with Crippen molar-refractivity contribution in [1.29, 1.82) is 0 Å². The Kier molecular flexibility index (Phi) is 4.56. The number of hydrogen-bond donors (Lipinski definition) is 2. The SMILES string of the molecule is NS(=O)(=O)c1ccc(NC(=O)C2CC(=O)N(c3ccccc3)C2)cc1. The summed E-state index contributed by atoms with van der Waals surface area (Å²) in [5, 5.41) is 7.74. The Bertz CT molecular complexity index is 895. The minimum atomic E-state index is -3.77. The minimum absolute atomic E-state index is 0.0307. The van der Waals surface area contributed by atoms with E-state index in [-0.39, 0.29) is 23.1 Å². The Morgan fingerprint density at radius 3 is 2.32 bits per heavy atom. The molecule has 1 fully saturated rings. The highest BCUT2D eigenvalue weighted by molar-refractivity contribution is 7.89. The summed E-state index contributed by atoms with van der Waals surface area (Å²) in [5.74, 6) is -0.850. The number of hydrogen-bond acceptors (Lipinski definition) is 4. The van der Waals surface area contributed by atoms with Crippen molar-refractivity contribution in [2.24, 2.45) is 11.1 Å². The van der Waals surface area contributed by atoms with Gasteiger partial charge in [0.05, 0.1) is 10.8 Å². The number of nitrogens with zero attached hydrogens (tertiary/aromatic N) is 1. The van der Waals surface area contributed by atoms with Gasteiger partial charge in [0.1, 0.15) is 0 Å². The summed E-state index contributed by atoms with van der Waals surface area (Å²) < 4.78 is 22.5. The Labute approximate surface area is 145 Å². The maximum atomic E-state index is 12.4.